The minimum Gasteiger partial charge on any atom is -0.497 e. The zero-order valence-electron chi connectivity index (χ0n) is 11.6. The Balaban J connectivity index is 2.47. The van der Waals surface area contributed by atoms with Gasteiger partial charge in [-0.05, 0) is 30.3 Å². The van der Waals surface area contributed by atoms with Crippen LogP contribution in [-0.2, 0) is 9.84 Å². The molecule has 0 aromatic heterocycles. The molecular formula is C15H17FNO3S+. The van der Waals surface area contributed by atoms with E-state index in [1.165, 1.54) is 37.4 Å². The third-order valence-electron chi connectivity index (χ3n) is 3.28. The van der Waals surface area contributed by atoms with E-state index in [9.17, 15) is 12.8 Å². The zero-order valence-corrected chi connectivity index (χ0v) is 12.4. The summed E-state index contributed by atoms with van der Waals surface area (Å²) < 4.78 is 44.2. The van der Waals surface area contributed by atoms with Gasteiger partial charge in [0.05, 0.1) is 18.6 Å². The van der Waals surface area contributed by atoms with E-state index in [-0.39, 0.29) is 17.0 Å². The van der Waals surface area contributed by atoms with Crippen LogP contribution in [0.25, 0.3) is 0 Å². The van der Waals surface area contributed by atoms with Crippen LogP contribution in [0, 0.1) is 5.82 Å². The molecule has 0 aliphatic carbocycles. The van der Waals surface area contributed by atoms with E-state index < -0.39 is 20.9 Å². The highest BCUT2D eigenvalue weighted by atomic mass is 32.2. The van der Waals surface area contributed by atoms with Crippen molar-refractivity contribution in [1.29, 1.82) is 0 Å². The van der Waals surface area contributed by atoms with E-state index in [2.05, 4.69) is 5.73 Å². The van der Waals surface area contributed by atoms with Crippen LogP contribution in [0.15, 0.2) is 53.4 Å². The normalized spacial score (nSPS) is 12.9. The lowest BCUT2D eigenvalue weighted by molar-refractivity contribution is -0.367. The van der Waals surface area contributed by atoms with Crippen LogP contribution in [0.1, 0.15) is 10.8 Å². The maximum atomic E-state index is 13.9. The molecule has 6 heteroatoms. The summed E-state index contributed by atoms with van der Waals surface area (Å²) in [5, 5.41) is -1.01. The molecule has 2 rings (SSSR count). The fourth-order valence-corrected chi connectivity index (χ4v) is 3.82. The number of hydrogen-bond donors (Lipinski definition) is 1. The van der Waals surface area contributed by atoms with Crippen molar-refractivity contribution in [3.8, 4) is 5.75 Å². The highest BCUT2D eigenvalue weighted by Crippen LogP contribution is 2.30. The molecule has 4 nitrogen and oxygen atoms in total. The van der Waals surface area contributed by atoms with Gasteiger partial charge >= 0.3 is 0 Å². The zero-order chi connectivity index (χ0) is 15.5. The van der Waals surface area contributed by atoms with E-state index in [1.807, 2.05) is 0 Å². The molecule has 1 atom stereocenters. The van der Waals surface area contributed by atoms with Crippen molar-refractivity contribution in [2.75, 3.05) is 13.7 Å². The number of quaternary nitrogens is 1. The molecule has 0 spiro atoms. The second kappa shape index (κ2) is 6.24. The van der Waals surface area contributed by atoms with Crippen molar-refractivity contribution in [2.45, 2.75) is 10.1 Å². The van der Waals surface area contributed by atoms with Gasteiger partial charge in [0.1, 0.15) is 16.8 Å². The number of methoxy groups -OCH3 is 1. The molecule has 2 aromatic carbocycles. The van der Waals surface area contributed by atoms with Gasteiger partial charge in [0.15, 0.2) is 9.84 Å². The lowest BCUT2D eigenvalue weighted by Crippen LogP contribution is -2.54. The van der Waals surface area contributed by atoms with Gasteiger partial charge in [0.2, 0.25) is 0 Å². The Kier molecular flexibility index (Phi) is 4.59. The Bertz CT molecular complexity index is 714. The number of benzene rings is 2. The van der Waals surface area contributed by atoms with Crippen LogP contribution in [0.3, 0.4) is 0 Å². The molecule has 0 aliphatic heterocycles. The van der Waals surface area contributed by atoms with Crippen molar-refractivity contribution < 1.29 is 23.3 Å². The van der Waals surface area contributed by atoms with Gasteiger partial charge in [-0.1, -0.05) is 18.2 Å². The summed E-state index contributed by atoms with van der Waals surface area (Å²) in [6.07, 6.45) is 0. The molecule has 2 aromatic rings. The Morgan fingerprint density at radius 3 is 2.29 bits per heavy atom. The fourth-order valence-electron chi connectivity index (χ4n) is 2.14. The molecule has 0 saturated heterocycles. The topological polar surface area (TPSA) is 71.0 Å². The van der Waals surface area contributed by atoms with Crippen molar-refractivity contribution in [2.24, 2.45) is 0 Å². The summed E-state index contributed by atoms with van der Waals surface area (Å²) in [7, 11) is -2.21. The second-order valence-electron chi connectivity index (χ2n) is 4.52. The lowest BCUT2D eigenvalue weighted by Gasteiger charge is -2.15. The molecule has 3 N–H and O–H groups in total. The van der Waals surface area contributed by atoms with Crippen molar-refractivity contribution in [1.82, 2.24) is 0 Å². The van der Waals surface area contributed by atoms with Gasteiger partial charge < -0.3 is 10.5 Å². The first-order valence-corrected chi connectivity index (χ1v) is 7.97. The summed E-state index contributed by atoms with van der Waals surface area (Å²) in [6.45, 7) is 0.0509. The first kappa shape index (κ1) is 15.5. The SMILES string of the molecule is COc1ccc(S(=O)(=O)[C@@H](C[NH3+])c2ccccc2F)cc1. The van der Waals surface area contributed by atoms with Gasteiger partial charge in [-0.3, -0.25) is 0 Å². The maximum absolute atomic E-state index is 13.9. The average Bonchev–Trinajstić information content (AvgIpc) is 2.50. The van der Waals surface area contributed by atoms with Crippen LogP contribution < -0.4 is 10.5 Å². The Morgan fingerprint density at radius 2 is 1.76 bits per heavy atom. The smallest absolute Gasteiger partial charge is 0.191 e. The Hall–Kier alpha value is -1.92. The second-order valence-corrected chi connectivity index (χ2v) is 6.65. The van der Waals surface area contributed by atoms with E-state index in [0.717, 1.165) is 0 Å². The van der Waals surface area contributed by atoms with E-state index in [1.54, 1.807) is 18.2 Å². The minimum atomic E-state index is -3.71. The highest BCUT2D eigenvalue weighted by molar-refractivity contribution is 7.91. The molecule has 112 valence electrons. The summed E-state index contributed by atoms with van der Waals surface area (Å²) in [5.74, 6) is 0.0225. The highest BCUT2D eigenvalue weighted by Gasteiger charge is 2.31. The summed E-state index contributed by atoms with van der Waals surface area (Å²) in [4.78, 5) is 0.125. The fraction of sp³-hybridized carbons (Fsp3) is 0.200. The third kappa shape index (κ3) is 3.06. The first-order valence-electron chi connectivity index (χ1n) is 6.42. The van der Waals surface area contributed by atoms with E-state index in [4.69, 9.17) is 4.74 Å². The molecule has 0 amide bonds. The quantitative estimate of drug-likeness (QED) is 0.911. The van der Waals surface area contributed by atoms with Gasteiger partial charge in [-0.2, -0.15) is 0 Å². The number of halogens is 1. The molecule has 0 unspecified atom stereocenters. The van der Waals surface area contributed by atoms with Crippen LogP contribution >= 0.6 is 0 Å². The molecule has 0 aliphatic rings. The molecule has 0 radical (unpaired) electrons. The first-order chi connectivity index (χ1) is 10.0. The predicted octanol–water partition coefficient (Wildman–Crippen LogP) is 1.59. The van der Waals surface area contributed by atoms with Crippen molar-refractivity contribution >= 4 is 9.84 Å². The van der Waals surface area contributed by atoms with Crippen LogP contribution in [0.5, 0.6) is 5.75 Å². The summed E-state index contributed by atoms with van der Waals surface area (Å²) in [6, 6.07) is 11.9. The molecule has 0 saturated carbocycles. The largest absolute Gasteiger partial charge is 0.497 e. The number of rotatable bonds is 5. The van der Waals surface area contributed by atoms with Gasteiger partial charge in [0, 0.05) is 5.56 Å². The average molecular weight is 310 g/mol. The van der Waals surface area contributed by atoms with E-state index in [0.29, 0.717) is 5.75 Å². The van der Waals surface area contributed by atoms with Crippen molar-refractivity contribution in [3.05, 3.63) is 59.9 Å². The molecule has 21 heavy (non-hydrogen) atoms. The van der Waals surface area contributed by atoms with Crippen LogP contribution in [0.4, 0.5) is 4.39 Å². The van der Waals surface area contributed by atoms with Crippen LogP contribution in [-0.4, -0.2) is 22.1 Å². The van der Waals surface area contributed by atoms with Gasteiger partial charge in [-0.15, -0.1) is 0 Å². The number of ether oxygens (including phenoxy) is 1. The lowest BCUT2D eigenvalue weighted by atomic mass is 10.1. The number of sulfone groups is 1. The molecule has 0 fully saturated rings. The monoisotopic (exact) mass is 310 g/mol. The van der Waals surface area contributed by atoms with Gasteiger partial charge in [-0.25, -0.2) is 12.8 Å². The van der Waals surface area contributed by atoms with Gasteiger partial charge in [0.25, 0.3) is 0 Å². The molecule has 0 bridgehead atoms. The Labute approximate surface area is 123 Å². The maximum Gasteiger partial charge on any atom is 0.191 e. The third-order valence-corrected chi connectivity index (χ3v) is 5.44. The predicted molar refractivity (Wildman–Crippen MR) is 77.1 cm³/mol. The summed E-state index contributed by atoms with van der Waals surface area (Å²) >= 11 is 0. The summed E-state index contributed by atoms with van der Waals surface area (Å²) in [5.41, 5.74) is 3.80. The molecule has 0 heterocycles. The standard InChI is InChI=1S/C15H16FNO3S/c1-20-11-6-8-12(9-7-11)21(18,19)15(10-17)13-4-2-3-5-14(13)16/h2-9,15H,10,17H2,1H3/p+1/t15-/m0/s1. The minimum absolute atomic E-state index is 0.0509. The van der Waals surface area contributed by atoms with Crippen LogP contribution in [0.2, 0.25) is 0 Å². The Morgan fingerprint density at radius 1 is 1.14 bits per heavy atom. The molecular weight excluding hydrogens is 293 g/mol. The van der Waals surface area contributed by atoms with E-state index >= 15 is 0 Å². The number of hydrogen-bond acceptors (Lipinski definition) is 3. The van der Waals surface area contributed by atoms with Crippen molar-refractivity contribution in [3.63, 3.8) is 0 Å².